The molecule has 0 unspecified atom stereocenters. The van der Waals surface area contributed by atoms with E-state index in [0.29, 0.717) is 6.54 Å². The highest BCUT2D eigenvalue weighted by molar-refractivity contribution is 6.09. The third kappa shape index (κ3) is 1.95. The molecule has 11 nitrogen and oxygen atoms in total. The fraction of sp³-hybridized carbons (Fsp3) is 0.714. The number of nitrogens with one attached hydrogen (secondary N) is 2. The number of esters is 2. The zero-order valence-corrected chi connectivity index (χ0v) is 14.3. The molecule has 4 amide bonds. The molecule has 11 heteroatoms. The monoisotopic (exact) mass is 355 g/mol. The molecule has 3 aliphatic rings. The van der Waals surface area contributed by atoms with Gasteiger partial charge in [0.15, 0.2) is 0 Å². The lowest BCUT2D eigenvalue weighted by molar-refractivity contribution is -0.188. The first kappa shape index (κ1) is 17.3. The quantitative estimate of drug-likeness (QED) is 0.595. The van der Waals surface area contributed by atoms with Crippen LogP contribution >= 0.6 is 0 Å². The summed E-state index contributed by atoms with van der Waals surface area (Å²) in [5.41, 5.74) is -4.02. The predicted octanol–water partition coefficient (Wildman–Crippen LogP) is -1.19. The highest BCUT2D eigenvalue weighted by atomic mass is 16.5. The molecule has 0 spiro atoms. The minimum absolute atomic E-state index is 0.0202. The lowest BCUT2D eigenvalue weighted by atomic mass is 9.92. The fourth-order valence-electron chi connectivity index (χ4n) is 3.57. The maximum Gasteiger partial charge on any atom is 0.359 e. The van der Waals surface area contributed by atoms with E-state index >= 15 is 0 Å². The van der Waals surface area contributed by atoms with Crippen molar-refractivity contribution in [2.75, 3.05) is 33.1 Å². The number of ether oxygens (including phenoxy) is 2. The molecule has 3 fully saturated rings. The molecule has 0 saturated carbocycles. The first-order valence-corrected chi connectivity index (χ1v) is 8.15. The van der Waals surface area contributed by atoms with E-state index < -0.39 is 35.3 Å². The summed E-state index contributed by atoms with van der Waals surface area (Å²) in [6.45, 7) is 5.77. The van der Waals surface area contributed by atoms with Crippen LogP contribution in [0, 0.1) is 0 Å². The van der Waals surface area contributed by atoms with Gasteiger partial charge in [-0.25, -0.2) is 19.2 Å². The zero-order valence-electron chi connectivity index (χ0n) is 14.3. The van der Waals surface area contributed by atoms with Crippen molar-refractivity contribution < 1.29 is 28.7 Å². The van der Waals surface area contributed by atoms with E-state index in [1.54, 1.807) is 18.7 Å². The van der Waals surface area contributed by atoms with Crippen molar-refractivity contribution in [3.63, 3.8) is 0 Å². The van der Waals surface area contributed by atoms with Gasteiger partial charge in [-0.3, -0.25) is 14.7 Å². The molecule has 2 N–H and O–H groups in total. The highest BCUT2D eigenvalue weighted by Gasteiger charge is 2.82. The summed E-state index contributed by atoms with van der Waals surface area (Å²) in [5.74, 6) is -1.78. The van der Waals surface area contributed by atoms with E-state index in [2.05, 4.69) is 10.6 Å². The molecule has 3 saturated heterocycles. The third-order valence-electron chi connectivity index (χ3n) is 4.66. The Kier molecular flexibility index (Phi) is 3.98. The number of carbonyl (C=O) groups is 4. The van der Waals surface area contributed by atoms with Gasteiger partial charge < -0.3 is 20.1 Å². The summed E-state index contributed by atoms with van der Waals surface area (Å²) in [6, 6.07) is -1.33. The Morgan fingerprint density at radius 1 is 0.960 bits per heavy atom. The summed E-state index contributed by atoms with van der Waals surface area (Å²) in [5, 5.41) is 4.90. The van der Waals surface area contributed by atoms with Gasteiger partial charge in [-0.05, 0) is 20.4 Å². The molecule has 0 aliphatic carbocycles. The van der Waals surface area contributed by atoms with Crippen LogP contribution in [0.4, 0.5) is 9.59 Å². The van der Waals surface area contributed by atoms with Crippen molar-refractivity contribution in [1.82, 2.24) is 25.3 Å². The summed E-state index contributed by atoms with van der Waals surface area (Å²) in [4.78, 5) is 54.9. The Morgan fingerprint density at radius 3 is 1.88 bits per heavy atom. The number of carbonyl (C=O) groups excluding carboxylic acids is 4. The maximum absolute atomic E-state index is 12.9. The molecule has 0 aromatic rings. The van der Waals surface area contributed by atoms with Crippen molar-refractivity contribution in [3.8, 4) is 0 Å². The molecule has 0 aromatic carbocycles. The van der Waals surface area contributed by atoms with Gasteiger partial charge >= 0.3 is 24.0 Å². The SMILES string of the molecule is CCOC(=O)C12NC(=O)N3CN(CC)CN(C(=O)N1)C32C(=O)OCC. The van der Waals surface area contributed by atoms with Crippen LogP contribution in [0.25, 0.3) is 0 Å². The van der Waals surface area contributed by atoms with E-state index in [0.717, 1.165) is 9.80 Å². The molecule has 3 heterocycles. The summed E-state index contributed by atoms with van der Waals surface area (Å²) in [7, 11) is 0. The van der Waals surface area contributed by atoms with E-state index in [-0.39, 0.29) is 26.6 Å². The van der Waals surface area contributed by atoms with Crippen LogP contribution in [0.2, 0.25) is 0 Å². The standard InChI is InChI=1S/C14H21N5O6/c1-4-17-7-18-11(22)15-13(9(20)24-5-2)14(18,10(21)25-6-3)19(8-17)12(23)16-13/h4-8H2,1-3H3,(H,15,22)(H,16,23). The van der Waals surface area contributed by atoms with Gasteiger partial charge in [0.1, 0.15) is 0 Å². The lowest BCUT2D eigenvalue weighted by Crippen LogP contribution is -2.78. The Morgan fingerprint density at radius 2 is 1.44 bits per heavy atom. The van der Waals surface area contributed by atoms with Crippen molar-refractivity contribution in [1.29, 1.82) is 0 Å². The highest BCUT2D eigenvalue weighted by Crippen LogP contribution is 2.45. The maximum atomic E-state index is 12.9. The number of hydrogen-bond donors (Lipinski definition) is 2. The Balaban J connectivity index is 2.19. The van der Waals surface area contributed by atoms with Gasteiger partial charge in [-0.2, -0.15) is 0 Å². The van der Waals surface area contributed by atoms with E-state index in [1.807, 2.05) is 6.92 Å². The minimum atomic E-state index is -2.05. The summed E-state index contributed by atoms with van der Waals surface area (Å²) < 4.78 is 10.2. The van der Waals surface area contributed by atoms with Crippen LogP contribution in [0.15, 0.2) is 0 Å². The molecule has 0 aromatic heterocycles. The van der Waals surface area contributed by atoms with E-state index in [4.69, 9.17) is 9.47 Å². The first-order valence-electron chi connectivity index (χ1n) is 8.15. The number of hydrogen-bond acceptors (Lipinski definition) is 7. The minimum Gasteiger partial charge on any atom is -0.463 e. The molecular formula is C14H21N5O6. The van der Waals surface area contributed by atoms with Crippen LogP contribution in [-0.4, -0.2) is 83.1 Å². The molecule has 0 atom stereocenters. The van der Waals surface area contributed by atoms with Gasteiger partial charge in [-0.1, -0.05) is 6.92 Å². The molecule has 0 radical (unpaired) electrons. The second kappa shape index (κ2) is 5.76. The lowest BCUT2D eigenvalue weighted by Gasteiger charge is -2.48. The Hall–Kier alpha value is -2.56. The number of rotatable bonds is 5. The Bertz CT molecular complexity index is 609. The second-order valence-corrected chi connectivity index (χ2v) is 5.85. The molecule has 3 aliphatic heterocycles. The number of nitrogens with zero attached hydrogens (tertiary/aromatic N) is 3. The number of urea groups is 2. The topological polar surface area (TPSA) is 121 Å². The molecular weight excluding hydrogens is 334 g/mol. The number of amides is 4. The van der Waals surface area contributed by atoms with Crippen LogP contribution in [-0.2, 0) is 19.1 Å². The average molecular weight is 355 g/mol. The van der Waals surface area contributed by atoms with Gasteiger partial charge in [0.05, 0.1) is 26.6 Å². The first-order chi connectivity index (χ1) is 11.9. The Labute approximate surface area is 144 Å². The summed E-state index contributed by atoms with van der Waals surface area (Å²) >= 11 is 0. The molecule has 0 bridgehead atoms. The largest absolute Gasteiger partial charge is 0.463 e. The zero-order chi connectivity index (χ0) is 18.4. The smallest absolute Gasteiger partial charge is 0.359 e. The molecule has 3 rings (SSSR count). The molecule has 138 valence electrons. The van der Waals surface area contributed by atoms with Crippen molar-refractivity contribution >= 4 is 24.0 Å². The van der Waals surface area contributed by atoms with Crippen LogP contribution in [0.3, 0.4) is 0 Å². The van der Waals surface area contributed by atoms with Gasteiger partial charge in [-0.15, -0.1) is 0 Å². The van der Waals surface area contributed by atoms with Crippen molar-refractivity contribution in [2.45, 2.75) is 32.1 Å². The summed E-state index contributed by atoms with van der Waals surface area (Å²) in [6.07, 6.45) is 0. The van der Waals surface area contributed by atoms with Gasteiger partial charge in [0.25, 0.3) is 11.3 Å². The van der Waals surface area contributed by atoms with E-state index in [1.165, 1.54) is 0 Å². The second-order valence-electron chi connectivity index (χ2n) is 5.85. The average Bonchev–Trinajstić information content (AvgIpc) is 2.99. The normalized spacial score (nSPS) is 30.7. The van der Waals surface area contributed by atoms with Crippen LogP contribution in [0.5, 0.6) is 0 Å². The van der Waals surface area contributed by atoms with Crippen molar-refractivity contribution in [2.24, 2.45) is 0 Å². The third-order valence-corrected chi connectivity index (χ3v) is 4.66. The van der Waals surface area contributed by atoms with Crippen LogP contribution < -0.4 is 10.6 Å². The molecule has 25 heavy (non-hydrogen) atoms. The van der Waals surface area contributed by atoms with Crippen molar-refractivity contribution in [3.05, 3.63) is 0 Å². The predicted molar refractivity (Wildman–Crippen MR) is 81.6 cm³/mol. The fourth-order valence-corrected chi connectivity index (χ4v) is 3.57. The van der Waals surface area contributed by atoms with Gasteiger partial charge in [0.2, 0.25) is 0 Å². The van der Waals surface area contributed by atoms with Gasteiger partial charge in [0, 0.05) is 0 Å². The van der Waals surface area contributed by atoms with Crippen LogP contribution in [0.1, 0.15) is 20.8 Å². The van der Waals surface area contributed by atoms with E-state index in [9.17, 15) is 19.2 Å².